The maximum atomic E-state index is 12.9. The summed E-state index contributed by atoms with van der Waals surface area (Å²) in [6.07, 6.45) is -4.46. The number of ether oxygens (including phenoxy) is 1. The van der Waals surface area contributed by atoms with Crippen LogP contribution in [-0.4, -0.2) is 18.3 Å². The monoisotopic (exact) mass is 310 g/mol. The van der Waals surface area contributed by atoms with Crippen molar-refractivity contribution in [3.05, 3.63) is 65.2 Å². The van der Waals surface area contributed by atoms with Crippen LogP contribution in [0.3, 0.4) is 0 Å². The number of aliphatic hydroxyl groups is 1. The third-order valence-electron chi connectivity index (χ3n) is 3.37. The maximum absolute atomic E-state index is 12.9. The summed E-state index contributed by atoms with van der Waals surface area (Å²) < 4.78 is 44.0. The second-order valence-electron chi connectivity index (χ2n) is 5.10. The second-order valence-corrected chi connectivity index (χ2v) is 5.10. The lowest BCUT2D eigenvalue weighted by molar-refractivity contribution is -0.139. The van der Waals surface area contributed by atoms with Gasteiger partial charge in [0.25, 0.3) is 0 Å². The molecule has 0 fully saturated rings. The lowest BCUT2D eigenvalue weighted by Gasteiger charge is -2.18. The van der Waals surface area contributed by atoms with E-state index >= 15 is 0 Å². The Morgan fingerprint density at radius 2 is 1.82 bits per heavy atom. The van der Waals surface area contributed by atoms with Crippen molar-refractivity contribution in [3.63, 3.8) is 0 Å². The van der Waals surface area contributed by atoms with E-state index in [9.17, 15) is 18.3 Å². The van der Waals surface area contributed by atoms with Gasteiger partial charge in [0.1, 0.15) is 5.75 Å². The molecule has 2 nitrogen and oxygen atoms in total. The van der Waals surface area contributed by atoms with E-state index in [1.54, 1.807) is 0 Å². The van der Waals surface area contributed by atoms with Crippen LogP contribution in [0.15, 0.2) is 48.5 Å². The molecule has 1 unspecified atom stereocenters. The molecule has 0 aliphatic heterocycles. The van der Waals surface area contributed by atoms with Gasteiger partial charge >= 0.3 is 6.18 Å². The summed E-state index contributed by atoms with van der Waals surface area (Å²) in [5.41, 5.74) is 1.05. The van der Waals surface area contributed by atoms with Crippen LogP contribution in [-0.2, 0) is 6.18 Å². The summed E-state index contributed by atoms with van der Waals surface area (Å²) in [5.74, 6) is -0.595. The van der Waals surface area contributed by atoms with Crippen LogP contribution >= 0.6 is 0 Å². The molecule has 1 N–H and O–H groups in total. The molecule has 0 saturated heterocycles. The Bertz CT molecular complexity index is 623. The Morgan fingerprint density at radius 1 is 1.09 bits per heavy atom. The summed E-state index contributed by atoms with van der Waals surface area (Å²) in [6.45, 7) is 1.70. The fourth-order valence-electron chi connectivity index (χ4n) is 2.20. The molecular weight excluding hydrogens is 293 g/mol. The van der Waals surface area contributed by atoms with Crippen molar-refractivity contribution in [2.45, 2.75) is 19.0 Å². The van der Waals surface area contributed by atoms with Crippen molar-refractivity contribution in [3.8, 4) is 5.75 Å². The number of hydrogen-bond acceptors (Lipinski definition) is 2. The molecule has 118 valence electrons. The van der Waals surface area contributed by atoms with Crippen LogP contribution in [0.5, 0.6) is 5.75 Å². The van der Waals surface area contributed by atoms with Gasteiger partial charge in [-0.05, 0) is 24.6 Å². The van der Waals surface area contributed by atoms with E-state index in [0.717, 1.165) is 17.2 Å². The summed E-state index contributed by atoms with van der Waals surface area (Å²) in [5, 5.41) is 9.48. The molecule has 22 heavy (non-hydrogen) atoms. The van der Waals surface area contributed by atoms with Gasteiger partial charge in [0, 0.05) is 5.92 Å². The Hall–Kier alpha value is -2.01. The minimum Gasteiger partial charge on any atom is -0.492 e. The molecule has 0 aromatic heterocycles. The third kappa shape index (κ3) is 4.01. The fourth-order valence-corrected chi connectivity index (χ4v) is 2.20. The normalized spacial score (nSPS) is 13.0. The van der Waals surface area contributed by atoms with Gasteiger partial charge in [0.2, 0.25) is 0 Å². The molecule has 0 saturated carbocycles. The standard InChI is InChI=1S/C17H17F3O2/c1-12-5-4-6-13(9-12)14(10-21)11-22-16-8-3-2-7-15(16)17(18,19)20/h2-9,14,21H,10-11H2,1H3. The van der Waals surface area contributed by atoms with Crippen molar-refractivity contribution in [2.75, 3.05) is 13.2 Å². The highest BCUT2D eigenvalue weighted by molar-refractivity contribution is 5.36. The Morgan fingerprint density at radius 3 is 2.45 bits per heavy atom. The summed E-state index contributed by atoms with van der Waals surface area (Å²) in [6, 6.07) is 12.6. The van der Waals surface area contributed by atoms with Gasteiger partial charge in [-0.3, -0.25) is 0 Å². The SMILES string of the molecule is Cc1cccc(C(CO)COc2ccccc2C(F)(F)F)c1. The fraction of sp³-hybridized carbons (Fsp3) is 0.294. The molecule has 0 heterocycles. The summed E-state index contributed by atoms with van der Waals surface area (Å²) in [7, 11) is 0. The topological polar surface area (TPSA) is 29.5 Å². The third-order valence-corrected chi connectivity index (χ3v) is 3.37. The first-order valence-corrected chi connectivity index (χ1v) is 6.88. The Balaban J connectivity index is 2.15. The number of aliphatic hydroxyl groups excluding tert-OH is 1. The molecule has 2 aromatic rings. The molecule has 0 radical (unpaired) electrons. The highest BCUT2D eigenvalue weighted by Gasteiger charge is 2.34. The number of halogens is 3. The van der Waals surface area contributed by atoms with Gasteiger partial charge in [0.05, 0.1) is 18.8 Å². The molecule has 5 heteroatoms. The average molecular weight is 310 g/mol. The number of aryl methyl sites for hydroxylation is 1. The zero-order chi connectivity index (χ0) is 16.2. The van der Waals surface area contributed by atoms with Gasteiger partial charge < -0.3 is 9.84 Å². The first-order valence-electron chi connectivity index (χ1n) is 6.88. The van der Waals surface area contributed by atoms with Gasteiger partial charge in [-0.25, -0.2) is 0 Å². The largest absolute Gasteiger partial charge is 0.492 e. The molecule has 0 bridgehead atoms. The minimum absolute atomic E-state index is 0.0208. The maximum Gasteiger partial charge on any atom is 0.419 e. The lowest BCUT2D eigenvalue weighted by atomic mass is 9.99. The van der Waals surface area contributed by atoms with Crippen LogP contribution in [0, 0.1) is 6.92 Å². The van der Waals surface area contributed by atoms with Gasteiger partial charge in [0.15, 0.2) is 0 Å². The molecule has 0 aliphatic carbocycles. The summed E-state index contributed by atoms with van der Waals surface area (Å²) in [4.78, 5) is 0. The second kappa shape index (κ2) is 6.83. The first kappa shape index (κ1) is 16.4. The van der Waals surface area contributed by atoms with Gasteiger partial charge in [-0.2, -0.15) is 13.2 Å². The molecule has 0 aliphatic rings. The van der Waals surface area contributed by atoms with Crippen LogP contribution in [0.1, 0.15) is 22.6 Å². The smallest absolute Gasteiger partial charge is 0.419 e. The van der Waals surface area contributed by atoms with E-state index in [4.69, 9.17) is 4.74 Å². The first-order chi connectivity index (χ1) is 10.4. The lowest BCUT2D eigenvalue weighted by Crippen LogP contribution is -2.16. The van der Waals surface area contributed by atoms with Crippen molar-refractivity contribution in [1.29, 1.82) is 0 Å². The molecule has 0 spiro atoms. The quantitative estimate of drug-likeness (QED) is 0.898. The van der Waals surface area contributed by atoms with Gasteiger partial charge in [-0.15, -0.1) is 0 Å². The number of para-hydroxylation sites is 1. The van der Waals surface area contributed by atoms with E-state index in [-0.39, 0.29) is 24.9 Å². The molecule has 2 rings (SSSR count). The number of hydrogen-bond donors (Lipinski definition) is 1. The number of benzene rings is 2. The van der Waals surface area contributed by atoms with Crippen LogP contribution in [0.25, 0.3) is 0 Å². The summed E-state index contributed by atoms with van der Waals surface area (Å²) >= 11 is 0. The van der Waals surface area contributed by atoms with Crippen LogP contribution in [0.4, 0.5) is 13.2 Å². The van der Waals surface area contributed by atoms with E-state index in [1.807, 2.05) is 31.2 Å². The predicted octanol–water partition coefficient (Wildman–Crippen LogP) is 4.17. The van der Waals surface area contributed by atoms with Crippen molar-refractivity contribution in [1.82, 2.24) is 0 Å². The van der Waals surface area contributed by atoms with Gasteiger partial charge in [-0.1, -0.05) is 42.0 Å². The molecular formula is C17H17F3O2. The predicted molar refractivity (Wildman–Crippen MR) is 77.9 cm³/mol. The zero-order valence-corrected chi connectivity index (χ0v) is 12.1. The molecule has 2 aromatic carbocycles. The van der Waals surface area contributed by atoms with Crippen LogP contribution < -0.4 is 4.74 Å². The molecule has 1 atom stereocenters. The Kier molecular flexibility index (Phi) is 5.08. The molecule has 0 amide bonds. The van der Waals surface area contributed by atoms with E-state index < -0.39 is 11.7 Å². The van der Waals surface area contributed by atoms with Crippen LogP contribution in [0.2, 0.25) is 0 Å². The number of alkyl halides is 3. The zero-order valence-electron chi connectivity index (χ0n) is 12.1. The van der Waals surface area contributed by atoms with E-state index in [0.29, 0.717) is 0 Å². The van der Waals surface area contributed by atoms with Crippen molar-refractivity contribution >= 4 is 0 Å². The number of rotatable bonds is 5. The average Bonchev–Trinajstić information content (AvgIpc) is 2.47. The Labute approximate surface area is 127 Å². The highest BCUT2D eigenvalue weighted by atomic mass is 19.4. The minimum atomic E-state index is -4.46. The van der Waals surface area contributed by atoms with E-state index in [1.165, 1.54) is 18.2 Å². The van der Waals surface area contributed by atoms with Crippen molar-refractivity contribution in [2.24, 2.45) is 0 Å². The van der Waals surface area contributed by atoms with Crippen molar-refractivity contribution < 1.29 is 23.0 Å². The highest BCUT2D eigenvalue weighted by Crippen LogP contribution is 2.36. The van der Waals surface area contributed by atoms with E-state index in [2.05, 4.69) is 0 Å².